The molecular weight excluding hydrogens is 374 g/mol. The van der Waals surface area contributed by atoms with E-state index in [9.17, 15) is 13.6 Å². The largest absolute Gasteiger partial charge is 0.381 e. The third-order valence-corrected chi connectivity index (χ3v) is 7.61. The Kier molecular flexibility index (Phi) is 3.13. The van der Waals surface area contributed by atoms with Gasteiger partial charge in [-0.15, -0.1) is 11.3 Å². The molecule has 0 bridgehead atoms. The Morgan fingerprint density at radius 2 is 2.11 bits per heavy atom. The van der Waals surface area contributed by atoms with Crippen molar-refractivity contribution in [3.8, 4) is 10.4 Å². The highest BCUT2D eigenvalue weighted by atomic mass is 32.1. The monoisotopic (exact) mass is 392 g/mol. The number of thiophene rings is 1. The van der Waals surface area contributed by atoms with Crippen LogP contribution >= 0.6 is 11.3 Å². The first-order chi connectivity index (χ1) is 13.0. The summed E-state index contributed by atoms with van der Waals surface area (Å²) in [4.78, 5) is 16.0. The second kappa shape index (κ2) is 5.29. The molecule has 9 heteroatoms. The molecule has 142 valence electrons. The molecule has 6 rings (SSSR count). The number of anilines is 1. The minimum Gasteiger partial charge on any atom is -0.381 e. The van der Waals surface area contributed by atoms with Crippen LogP contribution in [0, 0.1) is 17.8 Å². The lowest BCUT2D eigenvalue weighted by Gasteiger charge is -2.36. The summed E-state index contributed by atoms with van der Waals surface area (Å²) in [5, 5.41) is 9.80. The Labute approximate surface area is 157 Å². The molecule has 4 atom stereocenters. The lowest BCUT2D eigenvalue weighted by atomic mass is 9.97. The number of nitrogens with zero attached hydrogens (tertiary/aromatic N) is 2. The Hall–Kier alpha value is -2.00. The van der Waals surface area contributed by atoms with Crippen molar-refractivity contribution in [1.29, 1.82) is 0 Å². The van der Waals surface area contributed by atoms with Crippen molar-refractivity contribution in [2.24, 2.45) is 17.8 Å². The summed E-state index contributed by atoms with van der Waals surface area (Å²) in [6, 6.07) is -0.102. The van der Waals surface area contributed by atoms with Gasteiger partial charge in [0.2, 0.25) is 0 Å². The van der Waals surface area contributed by atoms with Gasteiger partial charge in [0.1, 0.15) is 4.88 Å². The number of carbonyl (C=O) groups is 1. The summed E-state index contributed by atoms with van der Waals surface area (Å²) in [6.45, 7) is 1.53. The molecular formula is C18H18F2N4O2S. The van der Waals surface area contributed by atoms with Crippen molar-refractivity contribution in [2.75, 3.05) is 31.2 Å². The van der Waals surface area contributed by atoms with Crippen LogP contribution in [0.3, 0.4) is 0 Å². The predicted molar refractivity (Wildman–Crippen MR) is 95.3 cm³/mol. The van der Waals surface area contributed by atoms with Crippen LogP contribution in [0.4, 0.5) is 14.5 Å². The van der Waals surface area contributed by atoms with Gasteiger partial charge in [-0.25, -0.2) is 8.78 Å². The van der Waals surface area contributed by atoms with Gasteiger partial charge in [-0.05, 0) is 17.8 Å². The van der Waals surface area contributed by atoms with Crippen LogP contribution in [0.5, 0.6) is 0 Å². The van der Waals surface area contributed by atoms with Gasteiger partial charge < -0.3 is 15.0 Å². The number of fused-ring (bicyclic) bond motifs is 1. The van der Waals surface area contributed by atoms with Crippen LogP contribution in [0.2, 0.25) is 0 Å². The zero-order valence-electron chi connectivity index (χ0n) is 14.4. The number of ether oxygens (including phenoxy) is 1. The molecule has 0 spiro atoms. The quantitative estimate of drug-likeness (QED) is 0.822. The molecule has 2 aromatic rings. The number of halogens is 2. The fraction of sp³-hybridized carbons (Fsp3) is 0.556. The maximum absolute atomic E-state index is 14.6. The molecule has 6 nitrogen and oxygen atoms in total. The number of amides is 1. The second-order valence-electron chi connectivity index (χ2n) is 8.01. The van der Waals surface area contributed by atoms with Crippen LogP contribution in [0.15, 0.2) is 12.4 Å². The molecule has 4 aliphatic rings. The van der Waals surface area contributed by atoms with Gasteiger partial charge >= 0.3 is 0 Å². The molecule has 0 aromatic carbocycles. The number of alkyl halides is 2. The second-order valence-corrected chi connectivity index (χ2v) is 9.03. The maximum Gasteiger partial charge on any atom is 0.269 e. The Morgan fingerprint density at radius 3 is 2.85 bits per heavy atom. The summed E-state index contributed by atoms with van der Waals surface area (Å²) < 4.78 is 34.6. The molecule has 2 N–H and O–H groups in total. The van der Waals surface area contributed by atoms with Crippen LogP contribution in [0.25, 0.3) is 10.4 Å². The van der Waals surface area contributed by atoms with E-state index in [2.05, 4.69) is 15.5 Å². The summed E-state index contributed by atoms with van der Waals surface area (Å²) in [7, 11) is 0. The van der Waals surface area contributed by atoms with Crippen LogP contribution in [0.1, 0.15) is 15.2 Å². The van der Waals surface area contributed by atoms with Gasteiger partial charge in [-0.2, -0.15) is 5.10 Å². The first-order valence-corrected chi connectivity index (χ1v) is 10.00. The summed E-state index contributed by atoms with van der Waals surface area (Å²) in [6.07, 6.45) is 2.96. The van der Waals surface area contributed by atoms with Crippen molar-refractivity contribution < 1.29 is 18.3 Å². The van der Waals surface area contributed by atoms with Crippen LogP contribution < -0.4 is 10.2 Å². The lowest BCUT2D eigenvalue weighted by Crippen LogP contribution is -2.49. The Balaban J connectivity index is 1.43. The molecule has 1 aliphatic carbocycles. The number of hydrogen-bond donors (Lipinski definition) is 2. The third kappa shape index (κ3) is 2.30. The number of aromatic nitrogens is 2. The first kappa shape index (κ1) is 16.0. The first-order valence-electron chi connectivity index (χ1n) is 9.18. The molecule has 1 amide bonds. The Bertz CT molecular complexity index is 918. The average molecular weight is 392 g/mol. The molecule has 3 aliphatic heterocycles. The minimum absolute atomic E-state index is 0.102. The van der Waals surface area contributed by atoms with Gasteiger partial charge in [-0.3, -0.25) is 9.89 Å². The zero-order valence-corrected chi connectivity index (χ0v) is 15.2. The maximum atomic E-state index is 14.6. The van der Waals surface area contributed by atoms with Gasteiger partial charge in [0, 0.05) is 35.2 Å². The minimum atomic E-state index is -2.82. The van der Waals surface area contributed by atoms with Gasteiger partial charge in [0.15, 0.2) is 0 Å². The van der Waals surface area contributed by atoms with Crippen LogP contribution in [-0.4, -0.2) is 54.4 Å². The topological polar surface area (TPSA) is 70.2 Å². The highest BCUT2D eigenvalue weighted by molar-refractivity contribution is 7.18. The number of hydrogen-bond acceptors (Lipinski definition) is 5. The van der Waals surface area contributed by atoms with E-state index in [0.717, 1.165) is 18.8 Å². The molecule has 1 saturated carbocycles. The summed E-state index contributed by atoms with van der Waals surface area (Å²) >= 11 is 1.29. The Morgan fingerprint density at radius 1 is 1.30 bits per heavy atom. The molecule has 2 aromatic heterocycles. The molecule has 27 heavy (non-hydrogen) atoms. The van der Waals surface area contributed by atoms with Crippen molar-refractivity contribution in [3.63, 3.8) is 0 Å². The molecule has 5 heterocycles. The number of rotatable bonds is 2. The number of nitrogens with one attached hydrogen (secondary N) is 2. The van der Waals surface area contributed by atoms with E-state index >= 15 is 0 Å². The normalized spacial score (nSPS) is 33.3. The predicted octanol–water partition coefficient (Wildman–Crippen LogP) is 2.14. The average Bonchev–Trinajstić information content (AvgIpc) is 3.07. The standard InChI is InChI=1S/C18H18F2N4O2S/c19-18(20)1-9-14-16(27-15(9)8-2-21-22-3-8)17(25)23-12(4-24(14)7-18)13-10-5-26-6-11(10)13/h2-3,10-13H,1,4-7H2,(H,21,22)(H,23,25)/t10-,11+,12-,13?/m0/s1. The molecule has 0 radical (unpaired) electrons. The van der Waals surface area contributed by atoms with E-state index in [-0.39, 0.29) is 24.9 Å². The third-order valence-electron chi connectivity index (χ3n) is 6.34. The van der Waals surface area contributed by atoms with Crippen molar-refractivity contribution in [2.45, 2.75) is 18.4 Å². The van der Waals surface area contributed by atoms with Crippen LogP contribution in [-0.2, 0) is 11.2 Å². The summed E-state index contributed by atoms with van der Waals surface area (Å²) in [5.74, 6) is -1.71. The van der Waals surface area contributed by atoms with E-state index in [1.165, 1.54) is 11.3 Å². The van der Waals surface area contributed by atoms with Gasteiger partial charge in [0.25, 0.3) is 11.8 Å². The molecule has 1 saturated heterocycles. The number of aromatic amines is 1. The van der Waals surface area contributed by atoms with Crippen molar-refractivity contribution in [3.05, 3.63) is 22.8 Å². The number of carbonyl (C=O) groups excluding carboxylic acids is 1. The van der Waals surface area contributed by atoms with E-state index < -0.39 is 5.92 Å². The highest BCUT2D eigenvalue weighted by Gasteiger charge is 2.59. The fourth-order valence-electron chi connectivity index (χ4n) is 5.16. The number of H-pyrrole nitrogens is 1. The summed E-state index contributed by atoms with van der Waals surface area (Å²) in [5.41, 5.74) is 2.02. The van der Waals surface area contributed by atoms with Gasteiger partial charge in [0.05, 0.1) is 37.7 Å². The molecule has 2 fully saturated rings. The zero-order chi connectivity index (χ0) is 18.3. The smallest absolute Gasteiger partial charge is 0.269 e. The van der Waals surface area contributed by atoms with Crippen molar-refractivity contribution >= 4 is 22.9 Å². The molecule has 1 unspecified atom stereocenters. The lowest BCUT2D eigenvalue weighted by molar-refractivity contribution is 0.00523. The highest BCUT2D eigenvalue weighted by Crippen LogP contribution is 2.54. The van der Waals surface area contributed by atoms with E-state index in [1.54, 1.807) is 17.3 Å². The van der Waals surface area contributed by atoms with E-state index in [1.807, 2.05) is 0 Å². The fourth-order valence-corrected chi connectivity index (χ4v) is 6.39. The van der Waals surface area contributed by atoms with E-state index in [0.29, 0.717) is 45.3 Å². The van der Waals surface area contributed by atoms with E-state index in [4.69, 9.17) is 4.74 Å². The SMILES string of the molecule is O=C1N[C@H](C2[C@H]3COC[C@@H]23)CN2CC(F)(F)Cc3c(-c4cn[nH]c4)sc1c32. The van der Waals surface area contributed by atoms with Gasteiger partial charge in [-0.1, -0.05) is 0 Å². The van der Waals surface area contributed by atoms with Crippen molar-refractivity contribution in [1.82, 2.24) is 15.5 Å².